The Balaban J connectivity index is 1.65. The maximum Gasteiger partial charge on any atom is 0.337 e. The summed E-state index contributed by atoms with van der Waals surface area (Å²) in [5.74, 6) is 0.227. The highest BCUT2D eigenvalue weighted by Gasteiger charge is 2.21. The van der Waals surface area contributed by atoms with Crippen LogP contribution in [-0.2, 0) is 21.4 Å². The first-order valence-electron chi connectivity index (χ1n) is 10.2. The number of sulfonamides is 1. The Labute approximate surface area is 187 Å². The molecule has 6 nitrogen and oxygen atoms in total. The predicted molar refractivity (Wildman–Crippen MR) is 122 cm³/mol. The SMILES string of the molecule is COC(=O)c1ccc2c(c1)C(=CCCNS(=O)(=O)c1ccccc1)c1ccccc1CO2. The van der Waals surface area contributed by atoms with Gasteiger partial charge >= 0.3 is 5.97 Å². The second-order valence-electron chi connectivity index (χ2n) is 7.27. The molecule has 164 valence electrons. The van der Waals surface area contributed by atoms with Crippen LogP contribution in [-0.4, -0.2) is 28.0 Å². The lowest BCUT2D eigenvalue weighted by atomic mass is 9.92. The van der Waals surface area contributed by atoms with Crippen LogP contribution in [0.4, 0.5) is 0 Å². The second-order valence-corrected chi connectivity index (χ2v) is 9.03. The highest BCUT2D eigenvalue weighted by Crippen LogP contribution is 2.37. The van der Waals surface area contributed by atoms with Crippen molar-refractivity contribution in [1.29, 1.82) is 0 Å². The van der Waals surface area contributed by atoms with Gasteiger partial charge in [-0.2, -0.15) is 0 Å². The fourth-order valence-corrected chi connectivity index (χ4v) is 4.70. The van der Waals surface area contributed by atoms with Crippen LogP contribution in [0.15, 0.2) is 83.8 Å². The molecule has 0 atom stereocenters. The minimum absolute atomic E-state index is 0.230. The first-order valence-corrected chi connectivity index (χ1v) is 11.7. The largest absolute Gasteiger partial charge is 0.488 e. The summed E-state index contributed by atoms with van der Waals surface area (Å²) < 4.78 is 38.5. The standard InChI is InChI=1S/C25H23NO5S/c1-30-25(27)18-13-14-24-23(16-18)22(21-11-6-5-8-19(21)17-31-24)12-7-15-26-32(28,29)20-9-3-2-4-10-20/h2-6,8-14,16,26H,7,15,17H2,1H3. The van der Waals surface area contributed by atoms with Gasteiger partial charge in [-0.15, -0.1) is 0 Å². The predicted octanol–water partition coefficient (Wildman–Crippen LogP) is 4.17. The average molecular weight is 450 g/mol. The quantitative estimate of drug-likeness (QED) is 0.451. The summed E-state index contributed by atoms with van der Waals surface area (Å²) in [5, 5.41) is 0. The van der Waals surface area contributed by atoms with Crippen molar-refractivity contribution in [2.24, 2.45) is 0 Å². The van der Waals surface area contributed by atoms with Crippen molar-refractivity contribution in [3.8, 4) is 5.75 Å². The van der Waals surface area contributed by atoms with Crippen LogP contribution in [0, 0.1) is 0 Å². The molecule has 0 spiro atoms. The third-order valence-electron chi connectivity index (χ3n) is 5.22. The topological polar surface area (TPSA) is 81.7 Å². The zero-order valence-electron chi connectivity index (χ0n) is 17.6. The summed E-state index contributed by atoms with van der Waals surface area (Å²) in [6.07, 6.45) is 2.43. The van der Waals surface area contributed by atoms with Crippen molar-refractivity contribution in [1.82, 2.24) is 4.72 Å². The Kier molecular flexibility index (Phi) is 6.39. The Morgan fingerprint density at radius 2 is 1.78 bits per heavy atom. The van der Waals surface area contributed by atoms with E-state index >= 15 is 0 Å². The number of benzene rings is 3. The maximum absolute atomic E-state index is 12.5. The smallest absolute Gasteiger partial charge is 0.337 e. The molecule has 1 heterocycles. The molecule has 0 saturated heterocycles. The van der Waals surface area contributed by atoms with Crippen molar-refractivity contribution in [2.75, 3.05) is 13.7 Å². The number of carbonyl (C=O) groups is 1. The lowest BCUT2D eigenvalue weighted by molar-refractivity contribution is 0.0600. The summed E-state index contributed by atoms with van der Waals surface area (Å²) in [4.78, 5) is 12.3. The normalized spacial score (nSPS) is 14.1. The second kappa shape index (κ2) is 9.38. The van der Waals surface area contributed by atoms with Crippen molar-refractivity contribution in [3.05, 3.63) is 101 Å². The summed E-state index contributed by atoms with van der Waals surface area (Å²) >= 11 is 0. The third kappa shape index (κ3) is 4.59. The minimum Gasteiger partial charge on any atom is -0.488 e. The van der Waals surface area contributed by atoms with Crippen LogP contribution in [0.5, 0.6) is 5.75 Å². The van der Waals surface area contributed by atoms with E-state index in [1.807, 2.05) is 30.3 Å². The number of hydrogen-bond donors (Lipinski definition) is 1. The van der Waals surface area contributed by atoms with Gasteiger partial charge in [0.15, 0.2) is 0 Å². The minimum atomic E-state index is -3.58. The molecule has 7 heteroatoms. The van der Waals surface area contributed by atoms with Gasteiger partial charge in [0.2, 0.25) is 10.0 Å². The number of fused-ring (bicyclic) bond motifs is 2. The number of methoxy groups -OCH3 is 1. The molecule has 0 bridgehead atoms. The highest BCUT2D eigenvalue weighted by atomic mass is 32.2. The molecule has 3 aromatic rings. The van der Waals surface area contributed by atoms with Gasteiger partial charge in [-0.3, -0.25) is 0 Å². The summed E-state index contributed by atoms with van der Waals surface area (Å²) in [6.45, 7) is 0.633. The van der Waals surface area contributed by atoms with Gasteiger partial charge in [0, 0.05) is 12.1 Å². The molecule has 4 rings (SSSR count). The van der Waals surface area contributed by atoms with Crippen LogP contribution < -0.4 is 9.46 Å². The van der Waals surface area contributed by atoms with Crippen LogP contribution in [0.2, 0.25) is 0 Å². The van der Waals surface area contributed by atoms with Crippen molar-refractivity contribution in [3.63, 3.8) is 0 Å². The van der Waals surface area contributed by atoms with Crippen LogP contribution >= 0.6 is 0 Å². The van der Waals surface area contributed by atoms with Crippen molar-refractivity contribution >= 4 is 21.6 Å². The van der Waals surface area contributed by atoms with Gasteiger partial charge in [-0.1, -0.05) is 48.5 Å². The van der Waals surface area contributed by atoms with Crippen LogP contribution in [0.3, 0.4) is 0 Å². The van der Waals surface area contributed by atoms with E-state index < -0.39 is 16.0 Å². The zero-order valence-corrected chi connectivity index (χ0v) is 18.4. The average Bonchev–Trinajstić information content (AvgIpc) is 2.98. The first-order chi connectivity index (χ1) is 15.5. The molecule has 0 aliphatic carbocycles. The molecule has 0 unspecified atom stereocenters. The number of carbonyl (C=O) groups excluding carboxylic acids is 1. The van der Waals surface area contributed by atoms with E-state index in [1.54, 1.807) is 48.5 Å². The molecule has 0 amide bonds. The van der Waals surface area contributed by atoms with Crippen LogP contribution in [0.25, 0.3) is 5.57 Å². The molecule has 0 fully saturated rings. The fraction of sp³-hybridized carbons (Fsp3) is 0.160. The number of hydrogen-bond acceptors (Lipinski definition) is 5. The number of nitrogens with one attached hydrogen (secondary N) is 1. The Bertz CT molecular complexity index is 1270. The zero-order chi connectivity index (χ0) is 22.6. The van der Waals surface area contributed by atoms with Crippen molar-refractivity contribution < 1.29 is 22.7 Å². The molecule has 0 saturated carbocycles. The Morgan fingerprint density at radius 3 is 2.56 bits per heavy atom. The van der Waals surface area contributed by atoms with Gasteiger partial charge in [0.1, 0.15) is 12.4 Å². The molecular formula is C25H23NO5S. The van der Waals surface area contributed by atoms with E-state index in [9.17, 15) is 13.2 Å². The van der Waals surface area contributed by atoms with Gasteiger partial charge in [-0.25, -0.2) is 17.9 Å². The maximum atomic E-state index is 12.5. The lowest BCUT2D eigenvalue weighted by Crippen LogP contribution is -2.24. The lowest BCUT2D eigenvalue weighted by Gasteiger charge is -2.12. The molecule has 1 N–H and O–H groups in total. The van der Waals surface area contributed by atoms with Gasteiger partial charge < -0.3 is 9.47 Å². The van der Waals surface area contributed by atoms with E-state index in [4.69, 9.17) is 9.47 Å². The highest BCUT2D eigenvalue weighted by molar-refractivity contribution is 7.89. The van der Waals surface area contributed by atoms with Crippen LogP contribution in [0.1, 0.15) is 33.5 Å². The molecule has 0 radical (unpaired) electrons. The summed E-state index contributed by atoms with van der Waals surface area (Å²) in [7, 11) is -2.24. The molecule has 1 aliphatic rings. The first kappa shape index (κ1) is 21.8. The molecule has 3 aromatic carbocycles. The number of esters is 1. The number of ether oxygens (including phenoxy) is 2. The molecule has 1 aliphatic heterocycles. The van der Waals surface area contributed by atoms with E-state index in [1.165, 1.54) is 7.11 Å². The molecule has 32 heavy (non-hydrogen) atoms. The van der Waals surface area contributed by atoms with E-state index in [0.29, 0.717) is 24.3 Å². The summed E-state index contributed by atoms with van der Waals surface area (Å²) in [5.41, 5.74) is 4.07. The number of rotatable bonds is 6. The molecular weight excluding hydrogens is 426 g/mol. The fourth-order valence-electron chi connectivity index (χ4n) is 3.63. The monoisotopic (exact) mass is 449 g/mol. The third-order valence-corrected chi connectivity index (χ3v) is 6.70. The molecule has 0 aromatic heterocycles. The Hall–Kier alpha value is -3.42. The van der Waals surface area contributed by atoms with E-state index in [-0.39, 0.29) is 11.4 Å². The Morgan fingerprint density at radius 1 is 1.03 bits per heavy atom. The summed E-state index contributed by atoms with van der Waals surface area (Å²) in [6, 6.07) is 21.3. The van der Waals surface area contributed by atoms with E-state index in [2.05, 4.69) is 4.72 Å². The van der Waals surface area contributed by atoms with Gasteiger partial charge in [0.05, 0.1) is 17.6 Å². The van der Waals surface area contributed by atoms with Gasteiger partial charge in [0.25, 0.3) is 0 Å². The van der Waals surface area contributed by atoms with Crippen molar-refractivity contribution in [2.45, 2.75) is 17.9 Å². The van der Waals surface area contributed by atoms with Gasteiger partial charge in [-0.05, 0) is 53.5 Å². The van der Waals surface area contributed by atoms with E-state index in [0.717, 1.165) is 22.3 Å².